The van der Waals surface area contributed by atoms with E-state index in [0.29, 0.717) is 0 Å². The van der Waals surface area contributed by atoms with Crippen LogP contribution in [0.5, 0.6) is 0 Å². The number of benzene rings is 2. The number of thioether (sulfide) groups is 5. The van der Waals surface area contributed by atoms with Crippen LogP contribution in [0.25, 0.3) is 0 Å². The Kier molecular flexibility index (Phi) is 34.2. The third-order valence-electron chi connectivity index (χ3n) is 5.34. The van der Waals surface area contributed by atoms with E-state index in [0.717, 1.165) is 17.3 Å². The summed E-state index contributed by atoms with van der Waals surface area (Å²) in [5.74, 6) is 11.3. The van der Waals surface area contributed by atoms with E-state index in [1.807, 2.05) is 47.0 Å². The average molecular weight is 631 g/mol. The van der Waals surface area contributed by atoms with Crippen molar-refractivity contribution in [2.24, 2.45) is 0 Å². The van der Waals surface area contributed by atoms with Crippen molar-refractivity contribution in [2.75, 3.05) is 52.8 Å². The summed E-state index contributed by atoms with van der Waals surface area (Å²) in [6.07, 6.45) is 15.3. The Balaban J connectivity index is 0.000000588. The third kappa shape index (κ3) is 29.5. The summed E-state index contributed by atoms with van der Waals surface area (Å²) in [5, 5.41) is 0. The molecule has 0 radical (unpaired) electrons. The van der Waals surface area contributed by atoms with Crippen LogP contribution in [0.1, 0.15) is 69.4 Å². The minimum absolute atomic E-state index is 1.05. The summed E-state index contributed by atoms with van der Waals surface area (Å²) >= 11 is 14.1. The van der Waals surface area contributed by atoms with Gasteiger partial charge in [0.2, 0.25) is 0 Å². The molecule has 0 bridgehead atoms. The predicted octanol–water partition coefficient (Wildman–Crippen LogP) is 11.4. The molecular formula is C32H54S6. The van der Waals surface area contributed by atoms with Crippen LogP contribution in [-0.2, 0) is 11.5 Å². The van der Waals surface area contributed by atoms with Crippen molar-refractivity contribution >= 4 is 71.4 Å². The van der Waals surface area contributed by atoms with Crippen molar-refractivity contribution in [3.8, 4) is 0 Å². The lowest BCUT2D eigenvalue weighted by atomic mass is 10.2. The van der Waals surface area contributed by atoms with Gasteiger partial charge >= 0.3 is 0 Å². The normalized spacial score (nSPS) is 12.2. The van der Waals surface area contributed by atoms with Crippen molar-refractivity contribution in [1.82, 2.24) is 0 Å². The maximum absolute atomic E-state index is 4.05. The van der Waals surface area contributed by atoms with E-state index in [9.17, 15) is 0 Å². The van der Waals surface area contributed by atoms with Gasteiger partial charge in [-0.15, -0.1) is 0 Å². The van der Waals surface area contributed by atoms with E-state index in [4.69, 9.17) is 0 Å². The minimum atomic E-state index is 1.05. The van der Waals surface area contributed by atoms with Crippen molar-refractivity contribution in [2.45, 2.75) is 69.8 Å². The number of rotatable bonds is 15. The molecule has 0 N–H and O–H groups in total. The minimum Gasteiger partial charge on any atom is -0.179 e. The van der Waals surface area contributed by atoms with Crippen LogP contribution in [0.4, 0.5) is 0 Å². The first-order valence-electron chi connectivity index (χ1n) is 14.2. The molecule has 0 unspecified atom stereocenters. The molecule has 1 fully saturated rings. The fourth-order valence-electron chi connectivity index (χ4n) is 3.19. The smallest absolute Gasteiger partial charge is 0.0184 e. The summed E-state index contributed by atoms with van der Waals surface area (Å²) in [7, 11) is 0. The molecule has 0 aromatic heterocycles. The highest BCUT2D eigenvalue weighted by molar-refractivity contribution is 8.00. The lowest BCUT2D eigenvalue weighted by Crippen LogP contribution is -1.91. The highest BCUT2D eigenvalue weighted by atomic mass is 32.2. The molecule has 0 spiro atoms. The predicted molar refractivity (Wildman–Crippen MR) is 196 cm³/mol. The Bertz CT molecular complexity index is 601. The van der Waals surface area contributed by atoms with Gasteiger partial charge in [-0.2, -0.15) is 71.4 Å². The van der Waals surface area contributed by atoms with Gasteiger partial charge in [0.15, 0.2) is 0 Å². The quantitative estimate of drug-likeness (QED) is 0.153. The molecular weight excluding hydrogens is 577 g/mol. The fourth-order valence-corrected chi connectivity index (χ4v) is 7.51. The largest absolute Gasteiger partial charge is 0.179 e. The highest BCUT2D eigenvalue weighted by Crippen LogP contribution is 2.17. The third-order valence-corrected chi connectivity index (χ3v) is 10.4. The molecule has 2 aromatic carbocycles. The molecule has 1 aliphatic heterocycles. The molecule has 0 nitrogen and oxygen atoms in total. The molecule has 1 heterocycles. The molecule has 0 aliphatic carbocycles. The van der Waals surface area contributed by atoms with Crippen LogP contribution in [0, 0.1) is 0 Å². The molecule has 0 amide bonds. The second-order valence-electron chi connectivity index (χ2n) is 8.87. The van der Waals surface area contributed by atoms with Crippen LogP contribution in [0.3, 0.4) is 0 Å². The van der Waals surface area contributed by atoms with E-state index >= 15 is 0 Å². The number of hydrogen-bond acceptors (Lipinski definition) is 6. The van der Waals surface area contributed by atoms with Crippen LogP contribution in [-0.4, -0.2) is 52.8 Å². The van der Waals surface area contributed by atoms with Crippen molar-refractivity contribution < 1.29 is 0 Å². The first-order valence-corrected chi connectivity index (χ1v) is 21.1. The number of hydrogen-bond donors (Lipinski definition) is 1. The fraction of sp³-hybridized carbons (Fsp3) is 0.625. The van der Waals surface area contributed by atoms with Gasteiger partial charge in [0.05, 0.1) is 0 Å². The Morgan fingerprint density at radius 2 is 1.11 bits per heavy atom. The van der Waals surface area contributed by atoms with Crippen LogP contribution in [0.15, 0.2) is 60.7 Å². The Labute approximate surface area is 264 Å². The molecule has 6 heteroatoms. The van der Waals surface area contributed by atoms with Gasteiger partial charge in [-0.3, -0.25) is 0 Å². The molecule has 0 saturated carbocycles. The van der Waals surface area contributed by atoms with E-state index in [1.165, 1.54) is 97.0 Å². The first-order chi connectivity index (χ1) is 18.8. The Hall–Kier alpha value is 0.540. The summed E-state index contributed by atoms with van der Waals surface area (Å²) in [4.78, 5) is 0. The second-order valence-corrected chi connectivity index (χ2v) is 14.7. The van der Waals surface area contributed by atoms with Crippen molar-refractivity contribution in [1.29, 1.82) is 0 Å². The van der Waals surface area contributed by atoms with E-state index in [-0.39, 0.29) is 0 Å². The monoisotopic (exact) mass is 630 g/mol. The van der Waals surface area contributed by atoms with Crippen LogP contribution < -0.4 is 0 Å². The summed E-state index contributed by atoms with van der Waals surface area (Å²) in [6, 6.07) is 21.4. The summed E-state index contributed by atoms with van der Waals surface area (Å²) in [6.45, 7) is 2.20. The number of thiol groups is 1. The second kappa shape index (κ2) is 33.7. The van der Waals surface area contributed by atoms with Gasteiger partial charge < -0.3 is 0 Å². The zero-order chi connectivity index (χ0) is 27.8. The Morgan fingerprint density at radius 3 is 1.42 bits per heavy atom. The topological polar surface area (TPSA) is 0 Å². The van der Waals surface area contributed by atoms with E-state index in [2.05, 4.69) is 104 Å². The highest BCUT2D eigenvalue weighted by Gasteiger charge is 1.96. The molecule has 1 aliphatic rings. The summed E-state index contributed by atoms with van der Waals surface area (Å²) < 4.78 is 0. The van der Waals surface area contributed by atoms with E-state index < -0.39 is 0 Å². The van der Waals surface area contributed by atoms with Crippen LogP contribution >= 0.6 is 71.4 Å². The van der Waals surface area contributed by atoms with E-state index in [1.54, 1.807) is 0 Å². The van der Waals surface area contributed by atoms with Crippen LogP contribution in [0.2, 0.25) is 0 Å². The van der Waals surface area contributed by atoms with Gasteiger partial charge in [0.25, 0.3) is 0 Å². The lowest BCUT2D eigenvalue weighted by Gasteiger charge is -2.05. The molecule has 0 atom stereocenters. The van der Waals surface area contributed by atoms with Gasteiger partial charge in [0, 0.05) is 11.5 Å². The van der Waals surface area contributed by atoms with Crippen molar-refractivity contribution in [3.05, 3.63) is 71.8 Å². The number of unbranched alkanes of at least 4 members (excludes halogenated alkanes) is 2. The standard InChI is InChI=1S/C17H20S2.C5H12S2.C5H10S.C5H12S/c1-3-8-16(9-4-1)14-18-12-7-13-19-15-17-10-5-2-6-11-17;1-6-4-3-5-7-2;1-2-4-6-5-3-1;1-2-3-4-5-6/h1-6,8-11H,7,12-15H2;3-5H2,1-2H3;1-5H2;6H,2-5H2,1H3. The first kappa shape index (κ1) is 38.5. The average Bonchev–Trinajstić information content (AvgIpc) is 2.99. The van der Waals surface area contributed by atoms with Gasteiger partial charge in [0.1, 0.15) is 0 Å². The van der Waals surface area contributed by atoms with Gasteiger partial charge in [-0.25, -0.2) is 0 Å². The molecule has 38 heavy (non-hydrogen) atoms. The zero-order valence-corrected chi connectivity index (χ0v) is 29.3. The molecule has 1 saturated heterocycles. The lowest BCUT2D eigenvalue weighted by molar-refractivity contribution is 0.764. The summed E-state index contributed by atoms with van der Waals surface area (Å²) in [5.41, 5.74) is 2.87. The molecule has 3 rings (SSSR count). The van der Waals surface area contributed by atoms with Gasteiger partial charge in [-0.1, -0.05) is 86.8 Å². The zero-order valence-electron chi connectivity index (χ0n) is 24.3. The maximum Gasteiger partial charge on any atom is 0.0184 e. The SMILES string of the molecule is C1CCSCC1.CCCCCS.CSCCCSC.c1ccc(CSCCCSCc2ccccc2)cc1. The molecule has 2 aromatic rings. The molecule has 218 valence electrons. The maximum atomic E-state index is 4.05. The van der Waals surface area contributed by atoms with Crippen molar-refractivity contribution in [3.63, 3.8) is 0 Å². The van der Waals surface area contributed by atoms with Gasteiger partial charge in [-0.05, 0) is 96.0 Å². The Morgan fingerprint density at radius 1 is 0.632 bits per heavy atom.